The lowest BCUT2D eigenvalue weighted by Gasteiger charge is -2.07. The van der Waals surface area contributed by atoms with Gasteiger partial charge in [0.05, 0.1) is 5.56 Å². The Bertz CT molecular complexity index is 639. The van der Waals surface area contributed by atoms with Gasteiger partial charge in [-0.05, 0) is 36.7 Å². The summed E-state index contributed by atoms with van der Waals surface area (Å²) in [5.41, 5.74) is 0.309. The van der Waals surface area contributed by atoms with E-state index in [4.69, 9.17) is 0 Å². The number of carboxylic acid groups (broad SMARTS) is 1. The molecule has 1 N–H and O–H groups in total. The molecule has 2 heterocycles. The molecular formula is C14H15N3O2S. The number of rotatable bonds is 3. The first-order valence-electron chi connectivity index (χ1n) is 6.68. The van der Waals surface area contributed by atoms with Crippen molar-refractivity contribution in [2.75, 3.05) is 0 Å². The maximum atomic E-state index is 11.2. The van der Waals surface area contributed by atoms with Crippen LogP contribution in [0.2, 0.25) is 0 Å². The molecule has 0 radical (unpaired) electrons. The fourth-order valence-electron chi connectivity index (χ4n) is 2.36. The topological polar surface area (TPSA) is 68.0 Å². The summed E-state index contributed by atoms with van der Waals surface area (Å²) in [4.78, 5) is 11.9. The second-order valence-corrected chi connectivity index (χ2v) is 5.77. The van der Waals surface area contributed by atoms with Crippen LogP contribution in [0.15, 0.2) is 34.3 Å². The van der Waals surface area contributed by atoms with Crippen molar-refractivity contribution in [3.05, 3.63) is 35.7 Å². The molecule has 2 aromatic rings. The number of carbonyl (C=O) groups is 1. The van der Waals surface area contributed by atoms with E-state index in [1.807, 2.05) is 12.1 Å². The van der Waals surface area contributed by atoms with Crippen LogP contribution in [0.25, 0.3) is 0 Å². The summed E-state index contributed by atoms with van der Waals surface area (Å²) in [5.74, 6) is 0.0986. The molecular weight excluding hydrogens is 274 g/mol. The number of aromatic nitrogens is 3. The summed E-state index contributed by atoms with van der Waals surface area (Å²) in [7, 11) is 0. The maximum Gasteiger partial charge on any atom is 0.336 e. The first-order valence-corrected chi connectivity index (χ1v) is 7.49. The number of hydrogen-bond donors (Lipinski definition) is 1. The van der Waals surface area contributed by atoms with E-state index in [0.29, 0.717) is 10.5 Å². The zero-order valence-electron chi connectivity index (χ0n) is 11.0. The number of aromatic carboxylic acids is 1. The average Bonchev–Trinajstić information content (AvgIpc) is 2.68. The van der Waals surface area contributed by atoms with Crippen molar-refractivity contribution in [1.82, 2.24) is 14.8 Å². The van der Waals surface area contributed by atoms with Crippen molar-refractivity contribution in [2.24, 2.45) is 0 Å². The molecule has 1 aliphatic heterocycles. The van der Waals surface area contributed by atoms with Crippen LogP contribution in [-0.4, -0.2) is 25.8 Å². The number of fused-ring (bicyclic) bond motifs is 1. The molecule has 1 aliphatic rings. The first-order chi connectivity index (χ1) is 9.75. The smallest absolute Gasteiger partial charge is 0.336 e. The summed E-state index contributed by atoms with van der Waals surface area (Å²) in [6, 6.07) is 7.00. The third-order valence-corrected chi connectivity index (χ3v) is 4.45. The van der Waals surface area contributed by atoms with E-state index >= 15 is 0 Å². The molecule has 5 nitrogen and oxygen atoms in total. The van der Waals surface area contributed by atoms with Gasteiger partial charge in [-0.3, -0.25) is 0 Å². The van der Waals surface area contributed by atoms with E-state index in [0.717, 1.165) is 36.8 Å². The maximum absolute atomic E-state index is 11.2. The Labute approximate surface area is 121 Å². The van der Waals surface area contributed by atoms with Crippen LogP contribution in [0.5, 0.6) is 0 Å². The largest absolute Gasteiger partial charge is 0.478 e. The fraction of sp³-hybridized carbons (Fsp3) is 0.357. The van der Waals surface area contributed by atoms with E-state index in [2.05, 4.69) is 14.8 Å². The molecule has 6 heteroatoms. The fourth-order valence-corrected chi connectivity index (χ4v) is 3.36. The molecule has 0 aliphatic carbocycles. The third kappa shape index (κ3) is 2.56. The normalized spacial score (nSPS) is 14.6. The van der Waals surface area contributed by atoms with Gasteiger partial charge in [0.1, 0.15) is 5.82 Å². The monoisotopic (exact) mass is 289 g/mol. The van der Waals surface area contributed by atoms with Crippen molar-refractivity contribution in [2.45, 2.75) is 42.3 Å². The van der Waals surface area contributed by atoms with Crippen LogP contribution >= 0.6 is 11.8 Å². The SMILES string of the molecule is O=C(O)c1ccccc1Sc1nnc2n1CCCCC2. The van der Waals surface area contributed by atoms with Crippen molar-refractivity contribution in [3.8, 4) is 0 Å². The highest BCUT2D eigenvalue weighted by molar-refractivity contribution is 7.99. The molecule has 20 heavy (non-hydrogen) atoms. The van der Waals surface area contributed by atoms with E-state index in [9.17, 15) is 9.90 Å². The quantitative estimate of drug-likeness (QED) is 0.941. The molecule has 0 atom stereocenters. The Kier molecular flexibility index (Phi) is 3.73. The second-order valence-electron chi connectivity index (χ2n) is 4.76. The van der Waals surface area contributed by atoms with Crippen molar-refractivity contribution >= 4 is 17.7 Å². The van der Waals surface area contributed by atoms with Gasteiger partial charge >= 0.3 is 5.97 Å². The van der Waals surface area contributed by atoms with Crippen molar-refractivity contribution in [1.29, 1.82) is 0 Å². The van der Waals surface area contributed by atoms with Gasteiger partial charge < -0.3 is 9.67 Å². The van der Waals surface area contributed by atoms with Crippen molar-refractivity contribution < 1.29 is 9.90 Å². The van der Waals surface area contributed by atoms with Crippen LogP contribution in [-0.2, 0) is 13.0 Å². The first kappa shape index (κ1) is 13.2. The molecule has 0 saturated carbocycles. The van der Waals surface area contributed by atoms with Gasteiger partial charge in [0.25, 0.3) is 0 Å². The number of benzene rings is 1. The summed E-state index contributed by atoms with van der Waals surface area (Å²) in [6.45, 7) is 0.917. The number of carboxylic acids is 1. The average molecular weight is 289 g/mol. The highest BCUT2D eigenvalue weighted by Gasteiger charge is 2.18. The molecule has 0 unspecified atom stereocenters. The van der Waals surface area contributed by atoms with Gasteiger partial charge in [-0.15, -0.1) is 10.2 Å². The zero-order chi connectivity index (χ0) is 13.9. The molecule has 0 fully saturated rings. The Morgan fingerprint density at radius 2 is 2.05 bits per heavy atom. The predicted octanol–water partition coefficient (Wildman–Crippen LogP) is 2.85. The molecule has 0 spiro atoms. The summed E-state index contributed by atoms with van der Waals surface area (Å²) >= 11 is 1.38. The predicted molar refractivity (Wildman–Crippen MR) is 75.1 cm³/mol. The van der Waals surface area contributed by atoms with E-state index < -0.39 is 5.97 Å². The lowest BCUT2D eigenvalue weighted by molar-refractivity contribution is 0.0693. The third-order valence-electron chi connectivity index (χ3n) is 3.39. The molecule has 0 amide bonds. The lowest BCUT2D eigenvalue weighted by atomic mass is 10.2. The standard InChI is InChI=1S/C14H15N3O2S/c18-13(19)10-6-3-4-7-11(10)20-14-16-15-12-8-2-1-5-9-17(12)14/h3-4,6-7H,1-2,5,8-9H2,(H,18,19). The van der Waals surface area contributed by atoms with Gasteiger partial charge in [-0.25, -0.2) is 4.79 Å². The number of hydrogen-bond acceptors (Lipinski definition) is 4. The van der Waals surface area contributed by atoms with Gasteiger partial charge in [0.2, 0.25) is 0 Å². The van der Waals surface area contributed by atoms with Crippen LogP contribution in [0, 0.1) is 0 Å². The minimum absolute atomic E-state index is 0.309. The molecule has 1 aromatic carbocycles. The van der Waals surface area contributed by atoms with Crippen LogP contribution in [0.1, 0.15) is 35.4 Å². The molecule has 3 rings (SSSR count). The van der Waals surface area contributed by atoms with E-state index in [1.165, 1.54) is 18.2 Å². The minimum atomic E-state index is -0.913. The highest BCUT2D eigenvalue weighted by atomic mass is 32.2. The van der Waals surface area contributed by atoms with E-state index in [-0.39, 0.29) is 0 Å². The van der Waals surface area contributed by atoms with Gasteiger partial charge in [0, 0.05) is 17.9 Å². The summed E-state index contributed by atoms with van der Waals surface area (Å²) in [5, 5.41) is 18.5. The van der Waals surface area contributed by atoms with Crippen LogP contribution in [0.3, 0.4) is 0 Å². The van der Waals surface area contributed by atoms with Crippen LogP contribution < -0.4 is 0 Å². The molecule has 104 valence electrons. The lowest BCUT2D eigenvalue weighted by Crippen LogP contribution is -2.03. The van der Waals surface area contributed by atoms with Gasteiger partial charge in [0.15, 0.2) is 5.16 Å². The Morgan fingerprint density at radius 3 is 2.90 bits per heavy atom. The molecule has 0 bridgehead atoms. The summed E-state index contributed by atoms with van der Waals surface area (Å²) in [6.07, 6.45) is 4.43. The number of nitrogens with zero attached hydrogens (tertiary/aromatic N) is 3. The Morgan fingerprint density at radius 1 is 1.20 bits per heavy atom. The van der Waals surface area contributed by atoms with E-state index in [1.54, 1.807) is 12.1 Å². The van der Waals surface area contributed by atoms with Gasteiger partial charge in [-0.1, -0.05) is 18.6 Å². The number of aryl methyl sites for hydroxylation is 1. The van der Waals surface area contributed by atoms with Gasteiger partial charge in [-0.2, -0.15) is 0 Å². The van der Waals surface area contributed by atoms with Crippen molar-refractivity contribution in [3.63, 3.8) is 0 Å². The second kappa shape index (κ2) is 5.66. The minimum Gasteiger partial charge on any atom is -0.478 e. The zero-order valence-corrected chi connectivity index (χ0v) is 11.8. The van der Waals surface area contributed by atoms with Crippen LogP contribution in [0.4, 0.5) is 0 Å². The Balaban J connectivity index is 1.92. The molecule has 1 aromatic heterocycles. The molecule has 0 saturated heterocycles. The highest BCUT2D eigenvalue weighted by Crippen LogP contribution is 2.30. The summed E-state index contributed by atoms with van der Waals surface area (Å²) < 4.78 is 2.12. The Hall–Kier alpha value is -1.82.